The van der Waals surface area contributed by atoms with Crippen LogP contribution in [0.25, 0.3) is 0 Å². The second-order valence-corrected chi connectivity index (χ2v) is 8.05. The van der Waals surface area contributed by atoms with Gasteiger partial charge in [-0.25, -0.2) is 16.8 Å². The van der Waals surface area contributed by atoms with Crippen LogP contribution in [0, 0.1) is 0 Å². The van der Waals surface area contributed by atoms with Crippen molar-refractivity contribution in [3.8, 4) is 0 Å². The van der Waals surface area contributed by atoms with E-state index in [1.54, 1.807) is 0 Å². The molecule has 0 atom stereocenters. The van der Waals surface area contributed by atoms with Crippen molar-refractivity contribution in [2.45, 2.75) is 16.0 Å². The molecule has 18 heteroatoms. The van der Waals surface area contributed by atoms with Crippen LogP contribution in [-0.2, 0) is 30.3 Å². The maximum Gasteiger partial charge on any atom is 0.512 e. The molecule has 0 aromatic rings. The van der Waals surface area contributed by atoms with Gasteiger partial charge in [-0.3, -0.25) is 0 Å². The molecule has 0 fully saturated rings. The van der Waals surface area contributed by atoms with E-state index >= 15 is 0 Å². The van der Waals surface area contributed by atoms with Crippen LogP contribution in [-0.4, -0.2) is 41.3 Å². The molecule has 0 radical (unpaired) electrons. The molecule has 0 spiro atoms. The van der Waals surface area contributed by atoms with Gasteiger partial charge in [-0.15, -0.1) is 0 Å². The van der Waals surface area contributed by atoms with Crippen LogP contribution in [0.15, 0.2) is 0 Å². The molecule has 0 aromatic heterocycles. The minimum absolute atomic E-state index is 0.851. The molecular weight excluding hydrogens is 394 g/mol. The summed E-state index contributed by atoms with van der Waals surface area (Å²) in [4.78, 5) is 0. The Morgan fingerprint density at radius 2 is 0.952 bits per heavy atom. The lowest BCUT2D eigenvalue weighted by atomic mass is 10.7. The standard InChI is InChI=1S/C3HF8NO6S3/c4-1(5,19(11,13)14)2(6,7)20(15,16)12-21(17,18)3(8,9)10/h12H. The van der Waals surface area contributed by atoms with Crippen LogP contribution in [0.3, 0.4) is 0 Å². The van der Waals surface area contributed by atoms with Crippen LogP contribution >= 0.6 is 0 Å². The van der Waals surface area contributed by atoms with Crippen LogP contribution in [0.4, 0.5) is 34.6 Å². The highest BCUT2D eigenvalue weighted by Crippen LogP contribution is 2.43. The molecule has 0 bridgehead atoms. The van der Waals surface area contributed by atoms with Crippen molar-refractivity contribution in [2.75, 3.05) is 0 Å². The molecule has 0 aliphatic carbocycles. The summed E-state index contributed by atoms with van der Waals surface area (Å²) < 4.78 is 158. The first-order valence-electron chi connectivity index (χ1n) is 3.75. The third kappa shape index (κ3) is 3.37. The first-order valence-corrected chi connectivity index (χ1v) is 8.10. The maximum atomic E-state index is 12.7. The van der Waals surface area contributed by atoms with Crippen LogP contribution in [0.5, 0.6) is 0 Å². The first-order chi connectivity index (χ1) is 8.71. The fraction of sp³-hybridized carbons (Fsp3) is 1.00. The zero-order valence-corrected chi connectivity index (χ0v) is 11.1. The molecule has 0 aromatic carbocycles. The summed E-state index contributed by atoms with van der Waals surface area (Å²) in [6, 6.07) is 0. The molecule has 0 unspecified atom stereocenters. The third-order valence-electron chi connectivity index (χ3n) is 1.51. The Morgan fingerprint density at radius 1 is 0.619 bits per heavy atom. The van der Waals surface area contributed by atoms with Crippen molar-refractivity contribution < 1.29 is 59.9 Å². The molecule has 0 rings (SSSR count). The van der Waals surface area contributed by atoms with Crippen LogP contribution in [0.1, 0.15) is 0 Å². The van der Waals surface area contributed by atoms with Gasteiger partial charge in [0.2, 0.25) is 0 Å². The minimum Gasteiger partial charge on any atom is -0.205 e. The number of rotatable bonds is 5. The van der Waals surface area contributed by atoms with Crippen molar-refractivity contribution in [1.82, 2.24) is 4.13 Å². The van der Waals surface area contributed by atoms with Crippen LogP contribution < -0.4 is 4.13 Å². The summed E-state index contributed by atoms with van der Waals surface area (Å²) in [6.07, 6.45) is 0. The predicted molar refractivity (Wildman–Crippen MR) is 47.0 cm³/mol. The second-order valence-electron chi connectivity index (χ2n) is 3.01. The molecule has 0 saturated carbocycles. The van der Waals surface area contributed by atoms with E-state index in [0.29, 0.717) is 0 Å². The summed E-state index contributed by atoms with van der Waals surface area (Å²) in [6.45, 7) is 0. The zero-order valence-electron chi connectivity index (χ0n) is 8.70. The lowest BCUT2D eigenvalue weighted by molar-refractivity contribution is -0.0996. The molecule has 1 N–H and O–H groups in total. The van der Waals surface area contributed by atoms with Crippen molar-refractivity contribution in [3.63, 3.8) is 0 Å². The summed E-state index contributed by atoms with van der Waals surface area (Å²) >= 11 is 0. The molecule has 0 amide bonds. The Bertz CT molecular complexity index is 716. The van der Waals surface area contributed by atoms with E-state index in [2.05, 4.69) is 0 Å². The van der Waals surface area contributed by atoms with Gasteiger partial charge in [0.1, 0.15) is 0 Å². The predicted octanol–water partition coefficient (Wildman–Crippen LogP) is 0.240. The zero-order chi connectivity index (χ0) is 17.7. The summed E-state index contributed by atoms with van der Waals surface area (Å²) in [5, 5.41) is -14.1. The van der Waals surface area contributed by atoms with Gasteiger partial charge < -0.3 is 0 Å². The van der Waals surface area contributed by atoms with Crippen molar-refractivity contribution in [2.24, 2.45) is 0 Å². The monoisotopic (exact) mass is 395 g/mol. The molecule has 21 heavy (non-hydrogen) atoms. The topological polar surface area (TPSA) is 114 Å². The fourth-order valence-electron chi connectivity index (χ4n) is 0.542. The normalized spacial score (nSPS) is 16.0. The van der Waals surface area contributed by atoms with E-state index < -0.39 is 50.4 Å². The fourth-order valence-corrected chi connectivity index (χ4v) is 3.72. The minimum atomic E-state index is -7.61. The second kappa shape index (κ2) is 4.88. The van der Waals surface area contributed by atoms with E-state index in [0.717, 1.165) is 0 Å². The van der Waals surface area contributed by atoms with Gasteiger partial charge >= 0.3 is 36.3 Å². The highest BCUT2D eigenvalue weighted by atomic mass is 32.3. The van der Waals surface area contributed by atoms with Gasteiger partial charge in [-0.05, 0) is 0 Å². The highest BCUT2D eigenvalue weighted by molar-refractivity contribution is 8.06. The Labute approximate surface area is 111 Å². The Kier molecular flexibility index (Phi) is 4.70. The van der Waals surface area contributed by atoms with E-state index in [-0.39, 0.29) is 0 Å². The molecule has 0 saturated heterocycles. The van der Waals surface area contributed by atoms with Gasteiger partial charge in [0.15, 0.2) is 0 Å². The van der Waals surface area contributed by atoms with Crippen molar-refractivity contribution in [3.05, 3.63) is 0 Å². The Morgan fingerprint density at radius 3 is 1.19 bits per heavy atom. The van der Waals surface area contributed by atoms with Gasteiger partial charge in [0.25, 0.3) is 10.0 Å². The van der Waals surface area contributed by atoms with Gasteiger partial charge in [-0.1, -0.05) is 8.01 Å². The maximum absolute atomic E-state index is 12.7. The Balaban J connectivity index is 6.09. The molecule has 0 aliphatic rings. The lowest BCUT2D eigenvalue weighted by Crippen LogP contribution is -2.57. The van der Waals surface area contributed by atoms with Crippen LogP contribution in [0.2, 0.25) is 0 Å². The molecular formula is C3HF8NO6S3. The molecule has 128 valence electrons. The Hall–Kier alpha value is -0.750. The van der Waals surface area contributed by atoms with E-state index in [9.17, 15) is 59.9 Å². The van der Waals surface area contributed by atoms with E-state index in [1.807, 2.05) is 0 Å². The average molecular weight is 395 g/mol. The quantitative estimate of drug-likeness (QED) is 0.527. The van der Waals surface area contributed by atoms with E-state index in [4.69, 9.17) is 0 Å². The highest BCUT2D eigenvalue weighted by Gasteiger charge is 2.75. The van der Waals surface area contributed by atoms with E-state index in [1.165, 1.54) is 0 Å². The van der Waals surface area contributed by atoms with Gasteiger partial charge in [0.05, 0.1) is 0 Å². The smallest absolute Gasteiger partial charge is 0.205 e. The largest absolute Gasteiger partial charge is 0.512 e. The number of nitrogens with one attached hydrogen (secondary N) is 1. The number of sulfonamides is 2. The van der Waals surface area contributed by atoms with Crippen molar-refractivity contribution >= 4 is 30.3 Å². The number of hydrogen-bond donors (Lipinski definition) is 1. The molecule has 0 heterocycles. The summed E-state index contributed by atoms with van der Waals surface area (Å²) in [5.41, 5.74) is -6.51. The summed E-state index contributed by atoms with van der Waals surface area (Å²) in [7, 11) is -22.2. The van der Waals surface area contributed by atoms with Gasteiger partial charge in [0, 0.05) is 0 Å². The summed E-state index contributed by atoms with van der Waals surface area (Å²) in [5.74, 6) is 0. The SMILES string of the molecule is O=S(=O)(F)C(F)(F)C(F)(F)S(=O)(=O)NS(=O)(=O)C(F)(F)F. The molecule has 7 nitrogen and oxygen atoms in total. The van der Waals surface area contributed by atoms with Crippen molar-refractivity contribution in [1.29, 1.82) is 0 Å². The number of hydrogen-bond acceptors (Lipinski definition) is 6. The lowest BCUT2D eigenvalue weighted by Gasteiger charge is -2.23. The molecule has 0 aliphatic heterocycles. The average Bonchev–Trinajstić information content (AvgIpc) is 2.11. The van der Waals surface area contributed by atoms with Gasteiger partial charge in [-0.2, -0.15) is 39.2 Å². The number of alkyl halides is 7. The number of halogens is 8. The third-order valence-corrected chi connectivity index (χ3v) is 5.80. The first kappa shape index (κ1) is 20.2.